The Bertz CT molecular complexity index is 642. The lowest BCUT2D eigenvalue weighted by Crippen LogP contribution is -1.77. The Morgan fingerprint density at radius 1 is 1.05 bits per heavy atom. The molecule has 0 N–H and O–H groups in total. The maximum Gasteiger partial charge on any atom is 0.106 e. The van der Waals surface area contributed by atoms with Crippen molar-refractivity contribution in [2.75, 3.05) is 0 Å². The highest BCUT2D eigenvalue weighted by Crippen LogP contribution is 2.29. The number of benzene rings is 2. The fourth-order valence-electron chi connectivity index (χ4n) is 1.46. The second kappa shape index (κ2) is 6.95. The molecule has 0 saturated heterocycles. The molecule has 19 heavy (non-hydrogen) atoms. The molecular weight excluding hydrogens is 386 g/mol. The van der Waals surface area contributed by atoms with E-state index in [1.54, 1.807) is 0 Å². The number of hydrogen-bond acceptors (Lipinski definition) is 2. The molecule has 0 heterocycles. The summed E-state index contributed by atoms with van der Waals surface area (Å²) in [5, 5.41) is 9.21. The van der Waals surface area contributed by atoms with Gasteiger partial charge in [-0.1, -0.05) is 55.8 Å². The van der Waals surface area contributed by atoms with Gasteiger partial charge in [0.05, 0.1) is 4.91 Å². The molecule has 0 aliphatic rings. The van der Waals surface area contributed by atoms with Crippen molar-refractivity contribution < 1.29 is 0 Å². The molecular formula is C15H9Br2NS. The topological polar surface area (TPSA) is 23.8 Å². The summed E-state index contributed by atoms with van der Waals surface area (Å²) < 4.78 is 2.04. The molecule has 4 heteroatoms. The number of halogens is 2. The number of thioether (sulfide) groups is 1. The van der Waals surface area contributed by atoms with Gasteiger partial charge in [0, 0.05) is 13.8 Å². The molecule has 0 amide bonds. The van der Waals surface area contributed by atoms with Gasteiger partial charge in [0.1, 0.15) is 6.07 Å². The average Bonchev–Trinajstić information content (AvgIpc) is 2.40. The summed E-state index contributed by atoms with van der Waals surface area (Å²) >= 11 is 8.28. The van der Waals surface area contributed by atoms with Gasteiger partial charge >= 0.3 is 0 Å². The first-order chi connectivity index (χ1) is 9.17. The van der Waals surface area contributed by atoms with E-state index < -0.39 is 0 Å². The number of nitrogens with zero attached hydrogens (tertiary/aromatic N) is 1. The maximum absolute atomic E-state index is 9.21. The first kappa shape index (κ1) is 14.4. The van der Waals surface area contributed by atoms with E-state index in [9.17, 15) is 5.26 Å². The summed E-state index contributed by atoms with van der Waals surface area (Å²) in [5.74, 6) is 0. The molecule has 0 fully saturated rings. The zero-order valence-corrected chi connectivity index (χ0v) is 13.8. The van der Waals surface area contributed by atoms with Gasteiger partial charge in [-0.25, -0.2) is 0 Å². The van der Waals surface area contributed by atoms with Gasteiger partial charge in [0.25, 0.3) is 0 Å². The molecule has 94 valence electrons. The van der Waals surface area contributed by atoms with Gasteiger partial charge < -0.3 is 0 Å². The Labute approximate surface area is 133 Å². The molecule has 0 saturated carbocycles. The standard InChI is InChI=1S/C15H9Br2NS/c16-12-4-6-14(7-5-12)19-15(10-18)9-11-2-1-3-13(17)8-11/h1-9H/b15-9-. The average molecular weight is 395 g/mol. The van der Waals surface area contributed by atoms with Crippen molar-refractivity contribution in [2.45, 2.75) is 4.90 Å². The van der Waals surface area contributed by atoms with Crippen LogP contribution in [0.1, 0.15) is 5.56 Å². The van der Waals surface area contributed by atoms with Crippen LogP contribution in [0.2, 0.25) is 0 Å². The predicted molar refractivity (Wildman–Crippen MR) is 87.7 cm³/mol. The van der Waals surface area contributed by atoms with Crippen LogP contribution >= 0.6 is 43.6 Å². The molecule has 0 unspecified atom stereocenters. The molecule has 1 nitrogen and oxygen atoms in total. The molecule has 2 rings (SSSR count). The molecule has 2 aromatic carbocycles. The number of rotatable bonds is 3. The fraction of sp³-hybridized carbons (Fsp3) is 0. The Hall–Kier alpha value is -1.02. The molecule has 0 aliphatic heterocycles. The second-order valence-electron chi connectivity index (χ2n) is 3.73. The van der Waals surface area contributed by atoms with Crippen LogP contribution < -0.4 is 0 Å². The maximum atomic E-state index is 9.21. The molecule has 0 bridgehead atoms. The Morgan fingerprint density at radius 3 is 2.42 bits per heavy atom. The molecule has 0 aliphatic carbocycles. The third-order valence-electron chi connectivity index (χ3n) is 2.30. The van der Waals surface area contributed by atoms with Crippen LogP contribution in [0.5, 0.6) is 0 Å². The predicted octanol–water partition coefficient (Wildman–Crippen LogP) is 5.87. The zero-order chi connectivity index (χ0) is 13.7. The van der Waals surface area contributed by atoms with Crippen LogP contribution in [0.3, 0.4) is 0 Å². The summed E-state index contributed by atoms with van der Waals surface area (Å²) in [6.07, 6.45) is 1.89. The highest BCUT2D eigenvalue weighted by atomic mass is 79.9. The summed E-state index contributed by atoms with van der Waals surface area (Å²) in [4.78, 5) is 1.71. The second-order valence-corrected chi connectivity index (χ2v) is 6.68. The van der Waals surface area contributed by atoms with Gasteiger partial charge in [-0.3, -0.25) is 0 Å². The van der Waals surface area contributed by atoms with Crippen molar-refractivity contribution in [2.24, 2.45) is 0 Å². The lowest BCUT2D eigenvalue weighted by Gasteiger charge is -2.01. The van der Waals surface area contributed by atoms with E-state index in [-0.39, 0.29) is 0 Å². The van der Waals surface area contributed by atoms with Gasteiger partial charge in [-0.05, 0) is 48.0 Å². The van der Waals surface area contributed by atoms with E-state index in [4.69, 9.17) is 0 Å². The van der Waals surface area contributed by atoms with Crippen molar-refractivity contribution in [3.05, 3.63) is 67.9 Å². The SMILES string of the molecule is N#C/C(=C/c1cccc(Br)c1)Sc1ccc(Br)cc1. The Balaban J connectivity index is 2.21. The first-order valence-corrected chi connectivity index (χ1v) is 7.88. The number of nitriles is 1. The number of hydrogen-bond donors (Lipinski definition) is 0. The van der Waals surface area contributed by atoms with Crippen molar-refractivity contribution in [3.8, 4) is 6.07 Å². The van der Waals surface area contributed by atoms with E-state index >= 15 is 0 Å². The van der Waals surface area contributed by atoms with Crippen molar-refractivity contribution in [1.29, 1.82) is 5.26 Å². The van der Waals surface area contributed by atoms with Crippen LogP contribution in [-0.2, 0) is 0 Å². The normalized spacial score (nSPS) is 11.1. The molecule has 0 radical (unpaired) electrons. The van der Waals surface area contributed by atoms with Gasteiger partial charge in [0.15, 0.2) is 0 Å². The highest BCUT2D eigenvalue weighted by Gasteiger charge is 2.01. The van der Waals surface area contributed by atoms with Gasteiger partial charge in [-0.2, -0.15) is 5.26 Å². The minimum Gasteiger partial charge on any atom is -0.192 e. The minimum atomic E-state index is 0.667. The monoisotopic (exact) mass is 393 g/mol. The quantitative estimate of drug-likeness (QED) is 0.480. The van der Waals surface area contributed by atoms with Crippen molar-refractivity contribution in [1.82, 2.24) is 0 Å². The van der Waals surface area contributed by atoms with Crippen molar-refractivity contribution >= 4 is 49.7 Å². The van der Waals surface area contributed by atoms with Gasteiger partial charge in [-0.15, -0.1) is 0 Å². The molecule has 0 aromatic heterocycles. The van der Waals surface area contributed by atoms with Gasteiger partial charge in [0.2, 0.25) is 0 Å². The Morgan fingerprint density at radius 2 is 1.79 bits per heavy atom. The smallest absolute Gasteiger partial charge is 0.106 e. The number of allylic oxidation sites excluding steroid dienone is 1. The summed E-state index contributed by atoms with van der Waals surface area (Å²) in [5.41, 5.74) is 1.01. The van der Waals surface area contributed by atoms with E-state index in [2.05, 4.69) is 37.9 Å². The summed E-state index contributed by atoms with van der Waals surface area (Å²) in [7, 11) is 0. The Kier molecular flexibility index (Phi) is 5.26. The van der Waals surface area contributed by atoms with Crippen LogP contribution in [0.4, 0.5) is 0 Å². The van der Waals surface area contributed by atoms with E-state index in [1.165, 1.54) is 11.8 Å². The summed E-state index contributed by atoms with van der Waals surface area (Å²) in [6, 6.07) is 18.0. The zero-order valence-electron chi connectivity index (χ0n) is 9.81. The summed E-state index contributed by atoms with van der Waals surface area (Å²) in [6.45, 7) is 0. The lowest BCUT2D eigenvalue weighted by molar-refractivity contribution is 1.44. The lowest BCUT2D eigenvalue weighted by atomic mass is 10.2. The molecule has 2 aromatic rings. The van der Waals surface area contributed by atoms with Crippen molar-refractivity contribution in [3.63, 3.8) is 0 Å². The molecule has 0 spiro atoms. The van der Waals surface area contributed by atoms with E-state index in [0.717, 1.165) is 19.4 Å². The third-order valence-corrected chi connectivity index (χ3v) is 4.26. The largest absolute Gasteiger partial charge is 0.192 e. The van der Waals surface area contributed by atoms with E-state index in [0.29, 0.717) is 4.91 Å². The fourth-order valence-corrected chi connectivity index (χ4v) is 2.91. The van der Waals surface area contributed by atoms with Crippen LogP contribution in [-0.4, -0.2) is 0 Å². The third kappa shape index (κ3) is 4.54. The first-order valence-electron chi connectivity index (χ1n) is 5.48. The highest BCUT2D eigenvalue weighted by molar-refractivity contribution is 9.10. The van der Waals surface area contributed by atoms with E-state index in [1.807, 2.05) is 54.6 Å². The van der Waals surface area contributed by atoms with Crippen LogP contribution in [0.25, 0.3) is 6.08 Å². The van der Waals surface area contributed by atoms with Crippen LogP contribution in [0.15, 0.2) is 67.3 Å². The molecule has 0 atom stereocenters. The van der Waals surface area contributed by atoms with Crippen LogP contribution in [0, 0.1) is 11.3 Å². The minimum absolute atomic E-state index is 0.667.